The van der Waals surface area contributed by atoms with E-state index in [0.717, 1.165) is 32.2 Å². The Morgan fingerprint density at radius 3 is 2.71 bits per heavy atom. The van der Waals surface area contributed by atoms with E-state index in [1.807, 2.05) is 0 Å². The highest BCUT2D eigenvalue weighted by Crippen LogP contribution is 2.43. The Hall–Kier alpha value is -0.610. The summed E-state index contributed by atoms with van der Waals surface area (Å²) in [6, 6.07) is -0.155. The van der Waals surface area contributed by atoms with E-state index in [9.17, 15) is 9.90 Å². The van der Waals surface area contributed by atoms with Crippen molar-refractivity contribution in [3.8, 4) is 0 Å². The van der Waals surface area contributed by atoms with Crippen LogP contribution in [0.3, 0.4) is 0 Å². The molecule has 0 aromatic carbocycles. The molecular formula is C13H24N2O2. The molecule has 0 aromatic heterocycles. The molecule has 98 valence electrons. The molecule has 17 heavy (non-hydrogen) atoms. The Morgan fingerprint density at radius 2 is 2.18 bits per heavy atom. The van der Waals surface area contributed by atoms with Gasteiger partial charge in [0, 0.05) is 6.54 Å². The van der Waals surface area contributed by atoms with Gasteiger partial charge in [0.1, 0.15) is 0 Å². The van der Waals surface area contributed by atoms with Gasteiger partial charge in [0.25, 0.3) is 0 Å². The molecule has 0 radical (unpaired) electrons. The van der Waals surface area contributed by atoms with Crippen LogP contribution in [0.1, 0.15) is 39.5 Å². The normalized spacial score (nSPS) is 38.4. The first kappa shape index (κ1) is 12.8. The van der Waals surface area contributed by atoms with Crippen LogP contribution in [0.2, 0.25) is 0 Å². The molecule has 3 N–H and O–H groups in total. The first-order valence-electron chi connectivity index (χ1n) is 6.67. The van der Waals surface area contributed by atoms with Crippen molar-refractivity contribution in [1.82, 2.24) is 4.90 Å². The lowest BCUT2D eigenvalue weighted by Crippen LogP contribution is -2.55. The predicted molar refractivity (Wildman–Crippen MR) is 66.3 cm³/mol. The quantitative estimate of drug-likeness (QED) is 0.761. The molecule has 1 saturated heterocycles. The van der Waals surface area contributed by atoms with Gasteiger partial charge in [0.05, 0.1) is 11.6 Å². The summed E-state index contributed by atoms with van der Waals surface area (Å²) in [7, 11) is 0. The van der Waals surface area contributed by atoms with E-state index in [1.54, 1.807) is 0 Å². The Kier molecular flexibility index (Phi) is 3.46. The van der Waals surface area contributed by atoms with Crippen LogP contribution in [0.4, 0.5) is 0 Å². The highest BCUT2D eigenvalue weighted by Gasteiger charge is 2.46. The zero-order chi connectivity index (χ0) is 12.6. The van der Waals surface area contributed by atoms with Gasteiger partial charge in [-0.15, -0.1) is 0 Å². The number of β-amino-alcohol motifs (C(OH)–C–C–N with tert-alkyl or cyclic N) is 1. The minimum Gasteiger partial charge on any atom is -0.389 e. The van der Waals surface area contributed by atoms with Gasteiger partial charge in [-0.2, -0.15) is 0 Å². The average Bonchev–Trinajstić information content (AvgIpc) is 2.61. The monoisotopic (exact) mass is 240 g/mol. The summed E-state index contributed by atoms with van der Waals surface area (Å²) < 4.78 is 0. The maximum absolute atomic E-state index is 11.3. The molecule has 1 heterocycles. The number of primary amides is 1. The van der Waals surface area contributed by atoms with Crippen molar-refractivity contribution >= 4 is 5.91 Å². The summed E-state index contributed by atoms with van der Waals surface area (Å²) in [5.74, 6) is 1.03. The smallest absolute Gasteiger partial charge is 0.234 e. The molecule has 1 aliphatic heterocycles. The summed E-state index contributed by atoms with van der Waals surface area (Å²) in [6.07, 6.45) is 3.59. The SMILES string of the molecule is CC(C)[C@H]1C[C@@](O)(CN2CCC[C@H]2C(N)=O)C1. The lowest BCUT2D eigenvalue weighted by Gasteiger charge is -2.48. The Balaban J connectivity index is 1.87. The van der Waals surface area contributed by atoms with Gasteiger partial charge in [0.15, 0.2) is 0 Å². The van der Waals surface area contributed by atoms with E-state index in [4.69, 9.17) is 5.73 Å². The molecule has 0 unspecified atom stereocenters. The standard InChI is InChI=1S/C13H24N2O2/c1-9(2)10-6-13(17,7-10)8-15-5-3-4-11(15)12(14)16/h9-11,17H,3-8H2,1-2H3,(H2,14,16)/t10-,11-,13-/m0/s1. The molecule has 4 heteroatoms. The number of carbonyl (C=O) groups excluding carboxylic acids is 1. The lowest BCUT2D eigenvalue weighted by atomic mass is 9.66. The largest absolute Gasteiger partial charge is 0.389 e. The van der Waals surface area contributed by atoms with Crippen LogP contribution < -0.4 is 5.73 Å². The molecule has 1 amide bonds. The van der Waals surface area contributed by atoms with Crippen LogP contribution in [0.25, 0.3) is 0 Å². The number of aliphatic hydroxyl groups is 1. The minimum absolute atomic E-state index is 0.155. The van der Waals surface area contributed by atoms with Crippen LogP contribution in [0, 0.1) is 11.8 Å². The van der Waals surface area contributed by atoms with Crippen molar-refractivity contribution in [3.63, 3.8) is 0 Å². The van der Waals surface area contributed by atoms with E-state index in [2.05, 4.69) is 18.7 Å². The fraction of sp³-hybridized carbons (Fsp3) is 0.923. The average molecular weight is 240 g/mol. The summed E-state index contributed by atoms with van der Waals surface area (Å²) >= 11 is 0. The minimum atomic E-state index is -0.576. The molecule has 1 atom stereocenters. The number of hydrogen-bond donors (Lipinski definition) is 2. The van der Waals surface area contributed by atoms with Crippen LogP contribution >= 0.6 is 0 Å². The van der Waals surface area contributed by atoms with Crippen molar-refractivity contribution in [2.45, 2.75) is 51.2 Å². The van der Waals surface area contributed by atoms with Crippen LogP contribution in [-0.2, 0) is 4.79 Å². The first-order chi connectivity index (χ1) is 7.91. The highest BCUT2D eigenvalue weighted by molar-refractivity contribution is 5.80. The maximum atomic E-state index is 11.3. The molecule has 2 fully saturated rings. The van der Waals surface area contributed by atoms with E-state index in [0.29, 0.717) is 18.4 Å². The van der Waals surface area contributed by atoms with Crippen LogP contribution in [-0.4, -0.2) is 40.6 Å². The number of nitrogens with two attached hydrogens (primary N) is 1. The number of carbonyl (C=O) groups is 1. The second-order valence-corrected chi connectivity index (χ2v) is 6.17. The predicted octanol–water partition coefficient (Wildman–Crippen LogP) is 0.733. The molecule has 2 rings (SSSR count). The molecule has 2 aliphatic rings. The first-order valence-corrected chi connectivity index (χ1v) is 6.67. The van der Waals surface area contributed by atoms with Gasteiger partial charge < -0.3 is 10.8 Å². The molecule has 0 spiro atoms. The van der Waals surface area contributed by atoms with Crippen molar-refractivity contribution in [2.24, 2.45) is 17.6 Å². The zero-order valence-corrected chi connectivity index (χ0v) is 10.9. The van der Waals surface area contributed by atoms with Crippen molar-refractivity contribution in [3.05, 3.63) is 0 Å². The summed E-state index contributed by atoms with van der Waals surface area (Å²) in [5.41, 5.74) is 4.80. The topological polar surface area (TPSA) is 66.6 Å². The van der Waals surface area contributed by atoms with Gasteiger partial charge in [-0.3, -0.25) is 9.69 Å². The van der Waals surface area contributed by atoms with Crippen molar-refractivity contribution in [2.75, 3.05) is 13.1 Å². The third kappa shape index (κ3) is 2.63. The van der Waals surface area contributed by atoms with Gasteiger partial charge >= 0.3 is 0 Å². The van der Waals surface area contributed by atoms with Crippen LogP contribution in [0.15, 0.2) is 0 Å². The van der Waals surface area contributed by atoms with E-state index in [-0.39, 0.29) is 11.9 Å². The highest BCUT2D eigenvalue weighted by atomic mass is 16.3. The third-order valence-electron chi connectivity index (χ3n) is 4.42. The van der Waals surface area contributed by atoms with Crippen LogP contribution in [0.5, 0.6) is 0 Å². The maximum Gasteiger partial charge on any atom is 0.234 e. The lowest BCUT2D eigenvalue weighted by molar-refractivity contribution is -0.128. The van der Waals surface area contributed by atoms with Gasteiger partial charge in [-0.05, 0) is 44.1 Å². The van der Waals surface area contributed by atoms with Gasteiger partial charge in [-0.25, -0.2) is 0 Å². The van der Waals surface area contributed by atoms with E-state index in [1.165, 1.54) is 0 Å². The molecule has 0 aromatic rings. The molecule has 1 aliphatic carbocycles. The Morgan fingerprint density at radius 1 is 1.53 bits per heavy atom. The Labute approximate surface area is 103 Å². The number of hydrogen-bond acceptors (Lipinski definition) is 3. The fourth-order valence-corrected chi connectivity index (χ4v) is 3.23. The molecule has 0 bridgehead atoms. The summed E-state index contributed by atoms with van der Waals surface area (Å²) in [4.78, 5) is 13.3. The fourth-order valence-electron chi connectivity index (χ4n) is 3.23. The van der Waals surface area contributed by atoms with E-state index >= 15 is 0 Å². The van der Waals surface area contributed by atoms with E-state index < -0.39 is 5.60 Å². The zero-order valence-electron chi connectivity index (χ0n) is 10.9. The second-order valence-electron chi connectivity index (χ2n) is 6.17. The molecule has 4 nitrogen and oxygen atoms in total. The van der Waals surface area contributed by atoms with Gasteiger partial charge in [-0.1, -0.05) is 13.8 Å². The summed E-state index contributed by atoms with van der Waals surface area (Å²) in [6.45, 7) is 5.91. The number of rotatable bonds is 4. The third-order valence-corrected chi connectivity index (χ3v) is 4.42. The number of likely N-dealkylation sites (tertiary alicyclic amines) is 1. The van der Waals surface area contributed by atoms with Crippen molar-refractivity contribution in [1.29, 1.82) is 0 Å². The second kappa shape index (κ2) is 4.58. The number of nitrogens with zero attached hydrogens (tertiary/aromatic N) is 1. The number of amides is 1. The molecule has 1 saturated carbocycles. The molecular weight excluding hydrogens is 216 g/mol. The van der Waals surface area contributed by atoms with Gasteiger partial charge in [0.2, 0.25) is 5.91 Å². The van der Waals surface area contributed by atoms with Crippen molar-refractivity contribution < 1.29 is 9.90 Å². The Bertz CT molecular complexity index is 298. The summed E-state index contributed by atoms with van der Waals surface area (Å²) in [5, 5.41) is 10.4.